The zero-order chi connectivity index (χ0) is 28.2. The molecule has 0 unspecified atom stereocenters. The van der Waals surface area contributed by atoms with Gasteiger partial charge in [-0.1, -0.05) is 25.4 Å². The first-order valence-corrected chi connectivity index (χ1v) is 14.1. The Hall–Kier alpha value is -3.69. The van der Waals surface area contributed by atoms with Gasteiger partial charge in [-0.2, -0.15) is 0 Å². The Morgan fingerprint density at radius 1 is 1.02 bits per heavy atom. The van der Waals surface area contributed by atoms with E-state index in [1.807, 2.05) is 29.4 Å². The van der Waals surface area contributed by atoms with Crippen molar-refractivity contribution in [1.82, 2.24) is 19.8 Å². The number of nitrogens with zero attached hydrogens (tertiary/aromatic N) is 5. The van der Waals surface area contributed by atoms with E-state index in [4.69, 9.17) is 11.6 Å². The van der Waals surface area contributed by atoms with Crippen molar-refractivity contribution < 1.29 is 14.7 Å². The predicted octanol–water partition coefficient (Wildman–Crippen LogP) is 4.24. The number of benzene rings is 2. The number of piperazine rings is 1. The lowest BCUT2D eigenvalue weighted by Gasteiger charge is -2.36. The topological polar surface area (TPSA) is 102 Å². The molecule has 0 saturated carbocycles. The molecule has 5 rings (SSSR count). The first kappa shape index (κ1) is 27.9. The van der Waals surface area contributed by atoms with Gasteiger partial charge in [0.05, 0.1) is 17.5 Å². The van der Waals surface area contributed by atoms with Crippen LogP contribution in [0.5, 0.6) is 5.75 Å². The highest BCUT2D eigenvalue weighted by Crippen LogP contribution is 2.27. The summed E-state index contributed by atoms with van der Waals surface area (Å²) in [6, 6.07) is 12.9. The molecule has 1 atom stereocenters. The summed E-state index contributed by atoms with van der Waals surface area (Å²) in [5, 5.41) is 12.6. The van der Waals surface area contributed by atoms with Crippen LogP contribution >= 0.6 is 11.6 Å². The van der Waals surface area contributed by atoms with Gasteiger partial charge in [-0.05, 0) is 66.9 Å². The van der Waals surface area contributed by atoms with Crippen molar-refractivity contribution in [3.05, 3.63) is 65.4 Å². The number of phenols is 1. The average Bonchev–Trinajstić information content (AvgIpc) is 3.44. The van der Waals surface area contributed by atoms with Gasteiger partial charge in [0.1, 0.15) is 5.75 Å². The smallest absolute Gasteiger partial charge is 0.236 e. The number of aromatic hydroxyl groups is 1. The molecule has 2 amide bonds. The number of anilines is 2. The number of likely N-dealkylation sites (tertiary alicyclic amines) is 1. The van der Waals surface area contributed by atoms with Crippen LogP contribution in [0.4, 0.5) is 11.4 Å². The van der Waals surface area contributed by atoms with Crippen LogP contribution in [0.2, 0.25) is 5.02 Å². The molecular weight excluding hydrogens is 528 g/mol. The Labute approximate surface area is 239 Å². The fourth-order valence-electron chi connectivity index (χ4n) is 5.13. The highest BCUT2D eigenvalue weighted by molar-refractivity contribution is 6.32. The van der Waals surface area contributed by atoms with Gasteiger partial charge in [0.25, 0.3) is 0 Å². The first-order valence-electron chi connectivity index (χ1n) is 13.7. The summed E-state index contributed by atoms with van der Waals surface area (Å²) in [4.78, 5) is 41.0. The van der Waals surface area contributed by atoms with Crippen molar-refractivity contribution in [2.75, 3.05) is 56.0 Å². The number of amides is 2. The summed E-state index contributed by atoms with van der Waals surface area (Å²) < 4.78 is 0. The maximum absolute atomic E-state index is 13.0. The number of phenolic OH excluding ortho intramolecular Hbond substituents is 1. The normalized spacial score (nSPS) is 17.9. The fourth-order valence-corrected chi connectivity index (χ4v) is 5.31. The Morgan fingerprint density at radius 3 is 2.38 bits per heavy atom. The quantitative estimate of drug-likeness (QED) is 0.415. The van der Waals surface area contributed by atoms with Crippen molar-refractivity contribution >= 4 is 34.8 Å². The Balaban J connectivity index is 1.07. The van der Waals surface area contributed by atoms with Gasteiger partial charge >= 0.3 is 0 Å². The molecule has 40 heavy (non-hydrogen) atoms. The van der Waals surface area contributed by atoms with Gasteiger partial charge in [0, 0.05) is 62.1 Å². The van der Waals surface area contributed by atoms with E-state index >= 15 is 0 Å². The van der Waals surface area contributed by atoms with Crippen LogP contribution in [0.25, 0.3) is 11.4 Å². The second-order valence-electron chi connectivity index (χ2n) is 10.8. The van der Waals surface area contributed by atoms with E-state index < -0.39 is 0 Å². The molecule has 0 radical (unpaired) electrons. The summed E-state index contributed by atoms with van der Waals surface area (Å²) >= 11 is 5.94. The maximum Gasteiger partial charge on any atom is 0.236 e. The molecule has 2 saturated heterocycles. The highest BCUT2D eigenvalue weighted by Gasteiger charge is 2.31. The van der Waals surface area contributed by atoms with Crippen LogP contribution in [0, 0.1) is 5.92 Å². The highest BCUT2D eigenvalue weighted by atomic mass is 35.5. The average molecular weight is 563 g/mol. The molecule has 0 bridgehead atoms. The van der Waals surface area contributed by atoms with Gasteiger partial charge in [0.2, 0.25) is 11.8 Å². The number of hydrogen-bond donors (Lipinski definition) is 2. The van der Waals surface area contributed by atoms with Crippen molar-refractivity contribution in [2.24, 2.45) is 5.92 Å². The Bertz CT molecular complexity index is 1340. The summed E-state index contributed by atoms with van der Waals surface area (Å²) in [5.41, 5.74) is 3.78. The molecule has 3 aromatic rings. The number of halogens is 1. The zero-order valence-corrected chi connectivity index (χ0v) is 23.6. The van der Waals surface area contributed by atoms with E-state index in [1.165, 1.54) is 12.1 Å². The lowest BCUT2D eigenvalue weighted by atomic mass is 10.1. The monoisotopic (exact) mass is 562 g/mol. The van der Waals surface area contributed by atoms with Gasteiger partial charge in [-0.15, -0.1) is 0 Å². The van der Waals surface area contributed by atoms with Crippen molar-refractivity contribution in [1.29, 1.82) is 0 Å². The van der Waals surface area contributed by atoms with Crippen LogP contribution in [0.1, 0.15) is 31.7 Å². The Morgan fingerprint density at radius 2 is 1.73 bits per heavy atom. The van der Waals surface area contributed by atoms with Crippen LogP contribution in [0.3, 0.4) is 0 Å². The molecular formula is C30H35ClN6O3. The van der Waals surface area contributed by atoms with E-state index in [-0.39, 0.29) is 28.5 Å². The van der Waals surface area contributed by atoms with Crippen molar-refractivity contribution in [3.8, 4) is 17.1 Å². The summed E-state index contributed by atoms with van der Waals surface area (Å²) in [6.07, 6.45) is 4.48. The molecule has 1 aromatic heterocycles. The molecule has 2 aliphatic heterocycles. The van der Waals surface area contributed by atoms with E-state index in [0.717, 1.165) is 35.7 Å². The molecule has 3 heterocycles. The molecule has 0 spiro atoms. The Kier molecular flexibility index (Phi) is 8.52. The standard InChI is InChI=1S/C30H35ClN6O3/c1-20(2)23-16-32-29(33-17-23)21-3-6-25(7-4-21)36-11-13-37(14-12-36)28(39)19-35-10-9-22(18-35)30(40)34-24-5-8-27(38)26(31)15-24/h3-8,15-17,20,22,38H,9-14,18-19H2,1-2H3,(H,34,40)/t22-/m1/s1. The van der Waals surface area contributed by atoms with Crippen molar-refractivity contribution in [2.45, 2.75) is 26.2 Å². The molecule has 2 aliphatic rings. The zero-order valence-electron chi connectivity index (χ0n) is 22.9. The van der Waals surface area contributed by atoms with Gasteiger partial charge < -0.3 is 20.2 Å². The van der Waals surface area contributed by atoms with Gasteiger partial charge in [-0.3, -0.25) is 14.5 Å². The first-order chi connectivity index (χ1) is 19.3. The molecule has 2 N–H and O–H groups in total. The molecule has 10 heteroatoms. The van der Waals surface area contributed by atoms with Gasteiger partial charge in [-0.25, -0.2) is 9.97 Å². The van der Waals surface area contributed by atoms with E-state index in [2.05, 4.69) is 51.1 Å². The van der Waals surface area contributed by atoms with Crippen LogP contribution in [0.15, 0.2) is 54.9 Å². The predicted molar refractivity (Wildman–Crippen MR) is 157 cm³/mol. The molecule has 2 aromatic carbocycles. The summed E-state index contributed by atoms with van der Waals surface area (Å²) in [7, 11) is 0. The lowest BCUT2D eigenvalue weighted by molar-refractivity contribution is -0.132. The lowest BCUT2D eigenvalue weighted by Crippen LogP contribution is -2.51. The number of nitrogens with one attached hydrogen (secondary N) is 1. The largest absolute Gasteiger partial charge is 0.506 e. The molecule has 210 valence electrons. The SMILES string of the molecule is CC(C)c1cnc(-c2ccc(N3CCN(C(=O)CN4CC[C@@H](C(=O)Nc5ccc(O)c(Cl)c5)C4)CC3)cc2)nc1. The number of aromatic nitrogens is 2. The van der Waals surface area contributed by atoms with Crippen LogP contribution in [-0.2, 0) is 9.59 Å². The van der Waals surface area contributed by atoms with Crippen LogP contribution in [-0.4, -0.2) is 82.5 Å². The minimum atomic E-state index is -0.196. The summed E-state index contributed by atoms with van der Waals surface area (Å²) in [6.45, 7) is 8.69. The third-order valence-corrected chi connectivity index (χ3v) is 7.98. The van der Waals surface area contributed by atoms with Crippen molar-refractivity contribution in [3.63, 3.8) is 0 Å². The number of hydrogen-bond acceptors (Lipinski definition) is 7. The minimum absolute atomic E-state index is 0.0257. The van der Waals surface area contributed by atoms with E-state index in [0.29, 0.717) is 50.7 Å². The van der Waals surface area contributed by atoms with Gasteiger partial charge in [0.15, 0.2) is 5.82 Å². The second-order valence-corrected chi connectivity index (χ2v) is 11.2. The number of carbonyl (C=O) groups is 2. The molecule has 0 aliphatic carbocycles. The minimum Gasteiger partial charge on any atom is -0.506 e. The van der Waals surface area contributed by atoms with E-state index in [1.54, 1.807) is 6.07 Å². The maximum atomic E-state index is 13.0. The number of carbonyl (C=O) groups excluding carboxylic acids is 2. The molecule has 2 fully saturated rings. The second kappa shape index (κ2) is 12.2. The summed E-state index contributed by atoms with van der Waals surface area (Å²) in [5.74, 6) is 0.899. The molecule has 9 nitrogen and oxygen atoms in total. The van der Waals surface area contributed by atoms with E-state index in [9.17, 15) is 14.7 Å². The third-order valence-electron chi connectivity index (χ3n) is 7.68. The fraction of sp³-hybridized carbons (Fsp3) is 0.400. The third kappa shape index (κ3) is 6.54. The van der Waals surface area contributed by atoms with Crippen LogP contribution < -0.4 is 10.2 Å². The number of rotatable bonds is 7.